The predicted octanol–water partition coefficient (Wildman–Crippen LogP) is 4.51. The summed E-state index contributed by atoms with van der Waals surface area (Å²) < 4.78 is 7.23. The van der Waals surface area contributed by atoms with Gasteiger partial charge >= 0.3 is 0 Å². The summed E-state index contributed by atoms with van der Waals surface area (Å²) in [4.78, 5) is 15.0. The number of carbonyl (C=O) groups excluding carboxylic acids is 1. The van der Waals surface area contributed by atoms with Gasteiger partial charge in [0.15, 0.2) is 5.82 Å². The molecule has 2 N–H and O–H groups in total. The zero-order valence-corrected chi connectivity index (χ0v) is 20.0. The number of benzene rings is 3. The normalized spacial score (nSPS) is 10.8. The Balaban J connectivity index is 1.41. The molecule has 0 fully saturated rings. The number of amides is 1. The topological polar surface area (TPSA) is 86.3 Å². The van der Waals surface area contributed by atoms with Crippen molar-refractivity contribution in [2.45, 2.75) is 32.2 Å². The number of hydrogen-bond acceptors (Lipinski definition) is 6. The van der Waals surface area contributed by atoms with Crippen molar-refractivity contribution in [3.05, 3.63) is 101 Å². The van der Waals surface area contributed by atoms with E-state index in [-0.39, 0.29) is 18.3 Å². The van der Waals surface area contributed by atoms with E-state index >= 15 is 0 Å². The van der Waals surface area contributed by atoms with E-state index in [2.05, 4.69) is 16.3 Å². The average Bonchev–Trinajstić information content (AvgIpc) is 3.19. The van der Waals surface area contributed by atoms with Gasteiger partial charge in [0.25, 0.3) is 0 Å². The maximum absolute atomic E-state index is 13.2. The molecule has 0 spiro atoms. The lowest BCUT2D eigenvalue weighted by atomic mass is 10.1. The lowest BCUT2D eigenvalue weighted by molar-refractivity contribution is -0.116. The number of aromatic nitrogens is 3. The van der Waals surface area contributed by atoms with Gasteiger partial charge in [-0.25, -0.2) is 4.68 Å². The molecule has 0 bridgehead atoms. The van der Waals surface area contributed by atoms with Gasteiger partial charge in [0.1, 0.15) is 12.4 Å². The van der Waals surface area contributed by atoms with E-state index in [9.17, 15) is 4.79 Å². The number of nitrogen functional groups attached to an aromatic ring is 1. The van der Waals surface area contributed by atoms with Gasteiger partial charge in [-0.05, 0) is 54.8 Å². The Morgan fingerprint density at radius 3 is 2.29 bits per heavy atom. The molecule has 0 saturated heterocycles. The van der Waals surface area contributed by atoms with Crippen LogP contribution in [0.2, 0.25) is 0 Å². The van der Waals surface area contributed by atoms with Gasteiger partial charge in [-0.1, -0.05) is 66.4 Å². The van der Waals surface area contributed by atoms with Crippen LogP contribution in [-0.4, -0.2) is 26.5 Å². The Labute approximate surface area is 203 Å². The Morgan fingerprint density at radius 1 is 0.971 bits per heavy atom. The number of thioether (sulfide) groups is 1. The van der Waals surface area contributed by atoms with E-state index in [0.717, 1.165) is 28.1 Å². The fourth-order valence-corrected chi connectivity index (χ4v) is 4.32. The summed E-state index contributed by atoms with van der Waals surface area (Å²) in [5.74, 6) is 7.56. The Bertz CT molecular complexity index is 1220. The minimum Gasteiger partial charge on any atom is -0.486 e. The van der Waals surface area contributed by atoms with Gasteiger partial charge in [0, 0.05) is 5.69 Å². The number of ether oxygens (including phenoxy) is 1. The predicted molar refractivity (Wildman–Crippen MR) is 135 cm³/mol. The second-order valence-corrected chi connectivity index (χ2v) is 8.91. The third-order valence-corrected chi connectivity index (χ3v) is 6.10. The fourth-order valence-electron chi connectivity index (χ4n) is 3.57. The van der Waals surface area contributed by atoms with Gasteiger partial charge in [-0.2, -0.15) is 0 Å². The van der Waals surface area contributed by atoms with Gasteiger partial charge in [-0.15, -0.1) is 10.2 Å². The van der Waals surface area contributed by atoms with Crippen LogP contribution in [0.5, 0.6) is 5.75 Å². The molecular formula is C26H27N5O2S. The van der Waals surface area contributed by atoms with Crippen molar-refractivity contribution in [1.29, 1.82) is 0 Å². The molecule has 1 amide bonds. The summed E-state index contributed by atoms with van der Waals surface area (Å²) in [5.41, 5.74) is 4.14. The van der Waals surface area contributed by atoms with Crippen LogP contribution in [0.15, 0.2) is 84.0 Å². The summed E-state index contributed by atoms with van der Waals surface area (Å²) >= 11 is 1.25. The number of anilines is 1. The second kappa shape index (κ2) is 10.9. The smallest absolute Gasteiger partial charge is 0.237 e. The lowest BCUT2D eigenvalue weighted by Gasteiger charge is -2.23. The third-order valence-electron chi connectivity index (χ3n) is 5.18. The molecule has 4 rings (SSSR count). The maximum Gasteiger partial charge on any atom is 0.237 e. The highest BCUT2D eigenvalue weighted by Gasteiger charge is 2.19. The molecule has 0 aliphatic heterocycles. The zero-order valence-electron chi connectivity index (χ0n) is 19.2. The lowest BCUT2D eigenvalue weighted by Crippen LogP contribution is -2.32. The number of nitrogens with zero attached hydrogens (tertiary/aromatic N) is 4. The zero-order chi connectivity index (χ0) is 23.9. The highest BCUT2D eigenvalue weighted by Crippen LogP contribution is 2.22. The Morgan fingerprint density at radius 2 is 1.62 bits per heavy atom. The molecule has 0 radical (unpaired) electrons. The van der Waals surface area contributed by atoms with Gasteiger partial charge < -0.3 is 15.5 Å². The van der Waals surface area contributed by atoms with Crippen LogP contribution >= 0.6 is 11.8 Å². The first-order valence-corrected chi connectivity index (χ1v) is 11.9. The van der Waals surface area contributed by atoms with E-state index < -0.39 is 0 Å². The summed E-state index contributed by atoms with van der Waals surface area (Å²) in [7, 11) is 0. The average molecular weight is 474 g/mol. The minimum absolute atomic E-state index is 0.0453. The SMILES string of the molecule is Cc1cc(C)cc(OCc2nnc(SCC(=O)N(Cc3ccccc3)c3ccccc3)n2N)c1. The first kappa shape index (κ1) is 23.4. The quantitative estimate of drug-likeness (QED) is 0.284. The highest BCUT2D eigenvalue weighted by molar-refractivity contribution is 7.99. The van der Waals surface area contributed by atoms with Crippen LogP contribution in [0.4, 0.5) is 5.69 Å². The van der Waals surface area contributed by atoms with E-state index in [1.807, 2.05) is 86.6 Å². The second-order valence-electron chi connectivity index (χ2n) is 7.97. The molecular weight excluding hydrogens is 446 g/mol. The molecule has 0 unspecified atom stereocenters. The van der Waals surface area contributed by atoms with Crippen molar-refractivity contribution in [2.75, 3.05) is 16.5 Å². The molecule has 0 saturated carbocycles. The van der Waals surface area contributed by atoms with Crippen molar-refractivity contribution in [3.8, 4) is 5.75 Å². The molecule has 8 heteroatoms. The van der Waals surface area contributed by atoms with E-state index in [0.29, 0.717) is 17.5 Å². The van der Waals surface area contributed by atoms with E-state index in [1.165, 1.54) is 16.4 Å². The summed E-state index contributed by atoms with van der Waals surface area (Å²) in [5, 5.41) is 8.75. The van der Waals surface area contributed by atoms with Crippen molar-refractivity contribution >= 4 is 23.4 Å². The van der Waals surface area contributed by atoms with Crippen molar-refractivity contribution in [1.82, 2.24) is 14.9 Å². The van der Waals surface area contributed by atoms with Crippen molar-refractivity contribution in [2.24, 2.45) is 0 Å². The molecule has 1 heterocycles. The molecule has 174 valence electrons. The third kappa shape index (κ3) is 5.96. The fraction of sp³-hybridized carbons (Fsp3) is 0.192. The molecule has 7 nitrogen and oxygen atoms in total. The van der Waals surface area contributed by atoms with Gasteiger partial charge in [-0.3, -0.25) is 4.79 Å². The van der Waals surface area contributed by atoms with Crippen LogP contribution in [0.1, 0.15) is 22.5 Å². The number of rotatable bonds is 9. The maximum atomic E-state index is 13.2. The first-order chi connectivity index (χ1) is 16.5. The summed E-state index contributed by atoms with van der Waals surface area (Å²) in [6, 6.07) is 25.6. The van der Waals surface area contributed by atoms with Crippen LogP contribution < -0.4 is 15.5 Å². The van der Waals surface area contributed by atoms with Crippen molar-refractivity contribution < 1.29 is 9.53 Å². The summed E-state index contributed by atoms with van der Waals surface area (Å²) in [6.45, 7) is 4.71. The molecule has 0 aliphatic rings. The van der Waals surface area contributed by atoms with E-state index in [1.54, 1.807) is 4.90 Å². The first-order valence-electron chi connectivity index (χ1n) is 10.9. The number of carbonyl (C=O) groups is 1. The van der Waals surface area contributed by atoms with Gasteiger partial charge in [0.2, 0.25) is 11.1 Å². The van der Waals surface area contributed by atoms with Crippen LogP contribution in [0.3, 0.4) is 0 Å². The van der Waals surface area contributed by atoms with Crippen molar-refractivity contribution in [3.63, 3.8) is 0 Å². The largest absolute Gasteiger partial charge is 0.486 e. The number of para-hydroxylation sites is 1. The number of aryl methyl sites for hydroxylation is 2. The highest BCUT2D eigenvalue weighted by atomic mass is 32.2. The molecule has 1 aromatic heterocycles. The molecule has 34 heavy (non-hydrogen) atoms. The van der Waals surface area contributed by atoms with Crippen LogP contribution in [-0.2, 0) is 17.9 Å². The molecule has 4 aromatic rings. The van der Waals surface area contributed by atoms with Crippen LogP contribution in [0, 0.1) is 13.8 Å². The Kier molecular flexibility index (Phi) is 7.49. The van der Waals surface area contributed by atoms with E-state index in [4.69, 9.17) is 10.6 Å². The van der Waals surface area contributed by atoms with Gasteiger partial charge in [0.05, 0.1) is 12.3 Å². The van der Waals surface area contributed by atoms with Crippen LogP contribution in [0.25, 0.3) is 0 Å². The molecule has 0 aliphatic carbocycles. The summed E-state index contributed by atoms with van der Waals surface area (Å²) in [6.07, 6.45) is 0. The minimum atomic E-state index is -0.0453. The standard InChI is InChI=1S/C26H27N5O2S/c1-19-13-20(2)15-23(14-19)33-17-24-28-29-26(31(24)27)34-18-25(32)30(22-11-7-4-8-12-22)16-21-9-5-3-6-10-21/h3-15H,16-18,27H2,1-2H3. The molecule has 3 aromatic carbocycles. The Hall–Kier alpha value is -3.78. The number of hydrogen-bond donors (Lipinski definition) is 1. The number of nitrogens with two attached hydrogens (primary N) is 1. The molecule has 0 atom stereocenters. The monoisotopic (exact) mass is 473 g/mol.